The number of nitrogens with two attached hydrogens (primary N) is 3. The summed E-state index contributed by atoms with van der Waals surface area (Å²) in [6, 6.07) is -4.53. The first-order valence-corrected chi connectivity index (χ1v) is 12.9. The third kappa shape index (κ3) is 12.6. The third-order valence-corrected chi connectivity index (χ3v) is 6.03. The van der Waals surface area contributed by atoms with Crippen LogP contribution in [0.3, 0.4) is 0 Å². The maximum atomic E-state index is 12.9. The second-order valence-electron chi connectivity index (χ2n) is 8.33. The summed E-state index contributed by atoms with van der Waals surface area (Å²) in [6.45, 7) is 5.14. The van der Waals surface area contributed by atoms with Crippen LogP contribution in [0, 0.1) is 5.92 Å². The van der Waals surface area contributed by atoms with Gasteiger partial charge in [0.15, 0.2) is 5.96 Å². The van der Waals surface area contributed by atoms with Crippen molar-refractivity contribution < 1.29 is 29.4 Å². The number of carbonyl (C=O) groups excluding carboxylic acids is 3. The Kier molecular flexibility index (Phi) is 15.7. The van der Waals surface area contributed by atoms with E-state index in [2.05, 4.69) is 20.9 Å². The van der Waals surface area contributed by atoms with Crippen LogP contribution in [0.4, 0.5) is 0 Å². The molecule has 0 aliphatic carbocycles. The highest BCUT2D eigenvalue weighted by Crippen LogP contribution is 2.11. The number of hydrogen-bond acceptors (Lipinski definition) is 8. The van der Waals surface area contributed by atoms with Crippen LogP contribution in [0.25, 0.3) is 0 Å². The van der Waals surface area contributed by atoms with Crippen molar-refractivity contribution in [2.45, 2.75) is 76.7 Å². The molecule has 0 radical (unpaired) electrons. The van der Waals surface area contributed by atoms with E-state index < -0.39 is 54.0 Å². The molecule has 202 valence electrons. The minimum atomic E-state index is -1.38. The molecule has 0 aliphatic rings. The van der Waals surface area contributed by atoms with Crippen LogP contribution in [0.2, 0.25) is 0 Å². The Bertz CT molecular complexity index is 733. The van der Waals surface area contributed by atoms with Gasteiger partial charge in [0, 0.05) is 6.54 Å². The Morgan fingerprint density at radius 3 is 2.03 bits per heavy atom. The molecule has 6 unspecified atom stereocenters. The van der Waals surface area contributed by atoms with Gasteiger partial charge >= 0.3 is 5.97 Å². The van der Waals surface area contributed by atoms with Crippen LogP contribution in [0.1, 0.15) is 46.5 Å². The number of thioether (sulfide) groups is 1. The van der Waals surface area contributed by atoms with E-state index in [4.69, 9.17) is 17.2 Å². The summed E-state index contributed by atoms with van der Waals surface area (Å²) in [6.07, 6.45) is 1.92. The molecule has 13 nitrogen and oxygen atoms in total. The number of carboxylic acids is 1. The molecule has 0 aromatic carbocycles. The first-order valence-electron chi connectivity index (χ1n) is 11.5. The highest BCUT2D eigenvalue weighted by atomic mass is 32.2. The van der Waals surface area contributed by atoms with Crippen LogP contribution in [0.15, 0.2) is 4.99 Å². The summed E-state index contributed by atoms with van der Waals surface area (Å²) in [4.78, 5) is 53.6. The second-order valence-corrected chi connectivity index (χ2v) is 9.32. The quantitative estimate of drug-likeness (QED) is 0.0602. The number of guanidine groups is 1. The molecule has 0 aliphatic heterocycles. The largest absolute Gasteiger partial charge is 0.480 e. The number of carbonyl (C=O) groups is 4. The lowest BCUT2D eigenvalue weighted by Gasteiger charge is -2.29. The fraction of sp³-hybridized carbons (Fsp3) is 0.762. The number of nitrogens with one attached hydrogen (secondary N) is 3. The summed E-state index contributed by atoms with van der Waals surface area (Å²) < 4.78 is 0. The Morgan fingerprint density at radius 2 is 1.54 bits per heavy atom. The van der Waals surface area contributed by atoms with Crippen molar-refractivity contribution in [2.75, 3.05) is 18.6 Å². The predicted octanol–water partition coefficient (Wildman–Crippen LogP) is -1.91. The number of nitrogens with zero attached hydrogens (tertiary/aromatic N) is 1. The number of rotatable bonds is 17. The summed E-state index contributed by atoms with van der Waals surface area (Å²) in [7, 11) is 0. The zero-order valence-corrected chi connectivity index (χ0v) is 21.6. The molecule has 0 fully saturated rings. The molecule has 0 rings (SSSR count). The smallest absolute Gasteiger partial charge is 0.326 e. The van der Waals surface area contributed by atoms with Gasteiger partial charge in [-0.25, -0.2) is 4.79 Å². The molecule has 0 bridgehead atoms. The number of carboxylic acid groups (broad SMARTS) is 1. The highest BCUT2D eigenvalue weighted by molar-refractivity contribution is 7.98. The summed E-state index contributed by atoms with van der Waals surface area (Å²) >= 11 is 1.45. The molecule has 0 aromatic rings. The molecule has 11 N–H and O–H groups in total. The topological polar surface area (TPSA) is 235 Å². The van der Waals surface area contributed by atoms with Gasteiger partial charge in [0.05, 0.1) is 12.1 Å². The van der Waals surface area contributed by atoms with Gasteiger partial charge < -0.3 is 43.4 Å². The van der Waals surface area contributed by atoms with Crippen molar-refractivity contribution in [3.8, 4) is 0 Å². The van der Waals surface area contributed by atoms with E-state index in [1.165, 1.54) is 18.7 Å². The second kappa shape index (κ2) is 16.9. The first-order chi connectivity index (χ1) is 16.3. The van der Waals surface area contributed by atoms with Crippen LogP contribution in [0.5, 0.6) is 0 Å². The fourth-order valence-corrected chi connectivity index (χ4v) is 3.49. The number of aliphatic hydroxyl groups is 1. The van der Waals surface area contributed by atoms with Crippen LogP contribution >= 0.6 is 11.8 Å². The molecule has 0 aromatic heterocycles. The standard InChI is InChI=1S/C21H41N7O6S/c1-5-11(2)15(18(31)26-14(20(33)34)8-10-35-4)27-19(32)16(12(3)29)28-17(30)13(22)7-6-9-25-21(23)24/h11-16,29H,5-10,22H2,1-4H3,(H,26,31)(H,27,32)(H,28,30)(H,33,34)(H4,23,24,25). The van der Waals surface area contributed by atoms with Gasteiger partial charge in [0.1, 0.15) is 18.1 Å². The summed E-state index contributed by atoms with van der Waals surface area (Å²) in [5.74, 6) is -3.19. The third-order valence-electron chi connectivity index (χ3n) is 5.39. The van der Waals surface area contributed by atoms with E-state index in [1.807, 2.05) is 13.2 Å². The number of aliphatic carboxylic acids is 1. The van der Waals surface area contributed by atoms with Gasteiger partial charge in [-0.15, -0.1) is 0 Å². The van der Waals surface area contributed by atoms with Crippen molar-refractivity contribution in [2.24, 2.45) is 28.1 Å². The summed E-state index contributed by atoms with van der Waals surface area (Å²) in [5.41, 5.74) is 16.4. The Labute approximate surface area is 210 Å². The average molecular weight is 520 g/mol. The summed E-state index contributed by atoms with van der Waals surface area (Å²) in [5, 5.41) is 26.9. The van der Waals surface area contributed by atoms with E-state index >= 15 is 0 Å². The molecule has 6 atom stereocenters. The SMILES string of the molecule is CCC(C)C(NC(=O)C(NC(=O)C(N)CCCN=C(N)N)C(C)O)C(=O)NC(CCSC)C(=O)O. The van der Waals surface area contributed by atoms with E-state index in [1.54, 1.807) is 6.92 Å². The fourth-order valence-electron chi connectivity index (χ4n) is 3.02. The van der Waals surface area contributed by atoms with E-state index in [0.29, 0.717) is 18.6 Å². The number of amides is 3. The monoisotopic (exact) mass is 519 g/mol. The van der Waals surface area contributed by atoms with Gasteiger partial charge in [-0.1, -0.05) is 20.3 Å². The normalized spacial score (nSPS) is 16.1. The molecule has 14 heteroatoms. The first kappa shape index (κ1) is 32.4. The lowest BCUT2D eigenvalue weighted by Crippen LogP contribution is -2.61. The molecule has 35 heavy (non-hydrogen) atoms. The minimum Gasteiger partial charge on any atom is -0.480 e. The number of hydrogen-bond donors (Lipinski definition) is 8. The van der Waals surface area contributed by atoms with Crippen molar-refractivity contribution in [1.82, 2.24) is 16.0 Å². The predicted molar refractivity (Wildman–Crippen MR) is 135 cm³/mol. The number of aliphatic imine (C=N–C) groups is 1. The lowest BCUT2D eigenvalue weighted by atomic mass is 9.97. The molecular formula is C21H41N7O6S. The van der Waals surface area contributed by atoms with E-state index in [9.17, 15) is 29.4 Å². The molecule has 3 amide bonds. The molecular weight excluding hydrogens is 478 g/mol. The van der Waals surface area contributed by atoms with Crippen LogP contribution < -0.4 is 33.2 Å². The van der Waals surface area contributed by atoms with Gasteiger partial charge in [0.2, 0.25) is 17.7 Å². The zero-order chi connectivity index (χ0) is 27.1. The Hall–Kier alpha value is -2.58. The van der Waals surface area contributed by atoms with Gasteiger partial charge in [-0.2, -0.15) is 11.8 Å². The van der Waals surface area contributed by atoms with Gasteiger partial charge in [-0.05, 0) is 44.1 Å². The Balaban J connectivity index is 5.33. The molecule has 0 heterocycles. The van der Waals surface area contributed by atoms with Crippen molar-refractivity contribution in [3.05, 3.63) is 0 Å². The molecule has 0 saturated carbocycles. The highest BCUT2D eigenvalue weighted by Gasteiger charge is 2.34. The minimum absolute atomic E-state index is 0.0762. The van der Waals surface area contributed by atoms with Crippen LogP contribution in [-0.2, 0) is 19.2 Å². The van der Waals surface area contributed by atoms with Gasteiger partial charge in [-0.3, -0.25) is 19.4 Å². The lowest BCUT2D eigenvalue weighted by molar-refractivity contribution is -0.142. The van der Waals surface area contributed by atoms with Crippen molar-refractivity contribution in [3.63, 3.8) is 0 Å². The Morgan fingerprint density at radius 1 is 0.971 bits per heavy atom. The maximum absolute atomic E-state index is 12.9. The van der Waals surface area contributed by atoms with Crippen molar-refractivity contribution in [1.29, 1.82) is 0 Å². The van der Waals surface area contributed by atoms with E-state index in [-0.39, 0.29) is 31.3 Å². The zero-order valence-electron chi connectivity index (χ0n) is 20.8. The van der Waals surface area contributed by atoms with Gasteiger partial charge in [0.25, 0.3) is 0 Å². The molecule has 0 saturated heterocycles. The number of aliphatic hydroxyl groups excluding tert-OH is 1. The maximum Gasteiger partial charge on any atom is 0.326 e. The van der Waals surface area contributed by atoms with E-state index in [0.717, 1.165) is 0 Å². The average Bonchev–Trinajstić information content (AvgIpc) is 2.79. The van der Waals surface area contributed by atoms with Crippen molar-refractivity contribution >= 4 is 41.4 Å². The van der Waals surface area contributed by atoms with Crippen LogP contribution in [-0.4, -0.2) is 88.7 Å². The molecule has 0 spiro atoms.